The van der Waals surface area contributed by atoms with E-state index in [9.17, 15) is 4.79 Å². The van der Waals surface area contributed by atoms with Crippen LogP contribution in [0.2, 0.25) is 0 Å². The van der Waals surface area contributed by atoms with Gasteiger partial charge in [-0.3, -0.25) is 9.89 Å². The summed E-state index contributed by atoms with van der Waals surface area (Å²) in [5.41, 5.74) is 2.46. The van der Waals surface area contributed by atoms with E-state index in [1.54, 1.807) is 16.2 Å². The van der Waals surface area contributed by atoms with E-state index < -0.39 is 0 Å². The minimum Gasteiger partial charge on any atom is -0.313 e. The van der Waals surface area contributed by atoms with Crippen molar-refractivity contribution in [2.24, 2.45) is 7.05 Å². The monoisotopic (exact) mass is 264 g/mol. The highest BCUT2D eigenvalue weighted by molar-refractivity contribution is 7.71. The molecular formula is C12H16N4OS. The molecule has 2 heterocycles. The first-order valence-corrected chi connectivity index (χ1v) is 6.21. The van der Waals surface area contributed by atoms with Gasteiger partial charge in [0.1, 0.15) is 0 Å². The number of aromatic nitrogens is 4. The topological polar surface area (TPSA) is 55.6 Å². The Morgan fingerprint density at radius 3 is 2.61 bits per heavy atom. The summed E-state index contributed by atoms with van der Waals surface area (Å²) in [7, 11) is 1.80. The highest BCUT2D eigenvalue weighted by Crippen LogP contribution is 2.17. The third-order valence-corrected chi connectivity index (χ3v) is 3.49. The molecule has 0 saturated heterocycles. The maximum Gasteiger partial charge on any atom is 0.262 e. The molecule has 0 aliphatic rings. The molecule has 0 spiro atoms. The lowest BCUT2D eigenvalue weighted by atomic mass is 10.1. The summed E-state index contributed by atoms with van der Waals surface area (Å²) in [6.45, 7) is 6.45. The average Bonchev–Trinajstić information content (AvgIpc) is 2.61. The summed E-state index contributed by atoms with van der Waals surface area (Å²) in [6.07, 6.45) is 0. The fourth-order valence-corrected chi connectivity index (χ4v) is 2.29. The smallest absolute Gasteiger partial charge is 0.262 e. The summed E-state index contributed by atoms with van der Waals surface area (Å²) >= 11 is 5.08. The lowest BCUT2D eigenvalue weighted by Crippen LogP contribution is -2.25. The number of nitrogens with one attached hydrogen (secondary N) is 1. The number of hydrogen-bond donors (Lipinski definition) is 1. The second kappa shape index (κ2) is 4.53. The third-order valence-electron chi connectivity index (χ3n) is 3.12. The van der Waals surface area contributed by atoms with Crippen molar-refractivity contribution in [1.29, 1.82) is 0 Å². The number of hydrogen-bond acceptors (Lipinski definition) is 3. The van der Waals surface area contributed by atoms with E-state index in [2.05, 4.69) is 10.2 Å². The van der Waals surface area contributed by atoms with E-state index in [0.717, 1.165) is 11.3 Å². The molecular weight excluding hydrogens is 248 g/mol. The highest BCUT2D eigenvalue weighted by atomic mass is 32.1. The number of rotatable bonds is 2. The van der Waals surface area contributed by atoms with Crippen LogP contribution in [0.1, 0.15) is 18.2 Å². The van der Waals surface area contributed by atoms with Crippen LogP contribution in [-0.2, 0) is 13.6 Å². The Kier molecular flexibility index (Phi) is 3.21. The van der Waals surface area contributed by atoms with Gasteiger partial charge in [0.05, 0.1) is 5.56 Å². The Bertz CT molecular complexity index is 708. The molecule has 96 valence electrons. The lowest BCUT2D eigenvalue weighted by molar-refractivity contribution is 0.698. The fourth-order valence-electron chi connectivity index (χ4n) is 2.16. The van der Waals surface area contributed by atoms with Gasteiger partial charge >= 0.3 is 0 Å². The number of nitrogens with zero attached hydrogens (tertiary/aromatic N) is 3. The standard InChI is InChI=1S/C12H16N4OS/c1-5-16-8(3)6-7(2)9(11(16)17)10-13-14-12(18)15(10)4/h6H,5H2,1-4H3,(H,14,18). The van der Waals surface area contributed by atoms with Gasteiger partial charge in [-0.05, 0) is 44.6 Å². The number of aryl methyl sites for hydroxylation is 2. The number of aromatic amines is 1. The predicted molar refractivity (Wildman–Crippen MR) is 73.2 cm³/mol. The second-order valence-corrected chi connectivity index (χ2v) is 4.69. The van der Waals surface area contributed by atoms with Crippen LogP contribution in [0.15, 0.2) is 10.9 Å². The maximum absolute atomic E-state index is 12.5. The van der Waals surface area contributed by atoms with E-state index in [1.807, 2.05) is 26.8 Å². The van der Waals surface area contributed by atoms with Crippen LogP contribution in [0, 0.1) is 18.6 Å². The molecule has 0 bridgehead atoms. The van der Waals surface area contributed by atoms with Crippen LogP contribution in [0.3, 0.4) is 0 Å². The summed E-state index contributed by atoms with van der Waals surface area (Å²) in [4.78, 5) is 12.5. The van der Waals surface area contributed by atoms with Gasteiger partial charge in [-0.15, -0.1) is 0 Å². The van der Waals surface area contributed by atoms with Gasteiger partial charge < -0.3 is 9.13 Å². The van der Waals surface area contributed by atoms with Crippen molar-refractivity contribution in [3.63, 3.8) is 0 Å². The molecule has 18 heavy (non-hydrogen) atoms. The Hall–Kier alpha value is -1.69. The van der Waals surface area contributed by atoms with Gasteiger partial charge in [-0.1, -0.05) is 0 Å². The van der Waals surface area contributed by atoms with Crippen LogP contribution >= 0.6 is 12.2 Å². The van der Waals surface area contributed by atoms with E-state index in [-0.39, 0.29) is 5.56 Å². The molecule has 0 aliphatic heterocycles. The highest BCUT2D eigenvalue weighted by Gasteiger charge is 2.16. The second-order valence-electron chi connectivity index (χ2n) is 4.30. The van der Waals surface area contributed by atoms with Crippen LogP contribution in [0.5, 0.6) is 0 Å². The molecule has 5 nitrogen and oxygen atoms in total. The molecule has 2 aromatic rings. The molecule has 0 fully saturated rings. The average molecular weight is 264 g/mol. The van der Waals surface area contributed by atoms with E-state index >= 15 is 0 Å². The first-order valence-electron chi connectivity index (χ1n) is 5.80. The zero-order chi connectivity index (χ0) is 13.4. The predicted octanol–water partition coefficient (Wildman–Crippen LogP) is 1.94. The van der Waals surface area contributed by atoms with Gasteiger partial charge in [-0.25, -0.2) is 0 Å². The van der Waals surface area contributed by atoms with Gasteiger partial charge in [0.15, 0.2) is 10.6 Å². The Morgan fingerprint density at radius 1 is 1.44 bits per heavy atom. The summed E-state index contributed by atoms with van der Waals surface area (Å²) in [5, 5.41) is 6.85. The van der Waals surface area contributed by atoms with Crippen molar-refractivity contribution in [1.82, 2.24) is 19.3 Å². The number of pyridine rings is 1. The van der Waals surface area contributed by atoms with Gasteiger partial charge in [0.25, 0.3) is 5.56 Å². The van der Waals surface area contributed by atoms with Gasteiger partial charge in [-0.2, -0.15) is 5.10 Å². The molecule has 2 rings (SSSR count). The Labute approximate surface area is 110 Å². The molecule has 0 atom stereocenters. The van der Waals surface area contributed by atoms with Crippen molar-refractivity contribution in [2.75, 3.05) is 0 Å². The molecule has 0 aromatic carbocycles. The summed E-state index contributed by atoms with van der Waals surface area (Å²) in [6, 6.07) is 2.00. The van der Waals surface area contributed by atoms with Crippen LogP contribution in [0.25, 0.3) is 11.4 Å². The van der Waals surface area contributed by atoms with Gasteiger partial charge in [0, 0.05) is 19.3 Å². The summed E-state index contributed by atoms with van der Waals surface area (Å²) in [5.74, 6) is 0.588. The molecule has 0 radical (unpaired) electrons. The molecule has 1 N–H and O–H groups in total. The van der Waals surface area contributed by atoms with E-state index in [0.29, 0.717) is 22.7 Å². The largest absolute Gasteiger partial charge is 0.313 e. The van der Waals surface area contributed by atoms with Crippen molar-refractivity contribution < 1.29 is 0 Å². The van der Waals surface area contributed by atoms with Gasteiger partial charge in [0.2, 0.25) is 0 Å². The molecule has 0 unspecified atom stereocenters. The first-order chi connectivity index (χ1) is 8.47. The zero-order valence-corrected chi connectivity index (χ0v) is 11.8. The Morgan fingerprint density at radius 2 is 2.11 bits per heavy atom. The minimum absolute atomic E-state index is 0.0212. The van der Waals surface area contributed by atoms with E-state index in [1.165, 1.54) is 0 Å². The quantitative estimate of drug-likeness (QED) is 0.843. The fraction of sp³-hybridized carbons (Fsp3) is 0.417. The molecule has 0 amide bonds. The van der Waals surface area contributed by atoms with Crippen molar-refractivity contribution in [3.8, 4) is 11.4 Å². The van der Waals surface area contributed by atoms with E-state index in [4.69, 9.17) is 12.2 Å². The van der Waals surface area contributed by atoms with Crippen molar-refractivity contribution in [3.05, 3.63) is 32.4 Å². The van der Waals surface area contributed by atoms with Crippen molar-refractivity contribution in [2.45, 2.75) is 27.3 Å². The zero-order valence-electron chi connectivity index (χ0n) is 10.9. The lowest BCUT2D eigenvalue weighted by Gasteiger charge is -2.12. The maximum atomic E-state index is 12.5. The third kappa shape index (κ3) is 1.82. The molecule has 2 aromatic heterocycles. The summed E-state index contributed by atoms with van der Waals surface area (Å²) < 4.78 is 3.96. The minimum atomic E-state index is -0.0212. The SMILES string of the molecule is CCn1c(C)cc(C)c(-c2n[nH]c(=S)n2C)c1=O. The van der Waals surface area contributed by atoms with Crippen molar-refractivity contribution >= 4 is 12.2 Å². The molecule has 0 aliphatic carbocycles. The van der Waals surface area contributed by atoms with Crippen LogP contribution in [-0.4, -0.2) is 19.3 Å². The normalized spacial score (nSPS) is 10.9. The molecule has 0 saturated carbocycles. The Balaban J connectivity index is 2.84. The van der Waals surface area contributed by atoms with Crippen LogP contribution < -0.4 is 5.56 Å². The number of H-pyrrole nitrogens is 1. The van der Waals surface area contributed by atoms with Crippen LogP contribution in [0.4, 0.5) is 0 Å². The molecule has 6 heteroatoms. The first kappa shape index (κ1) is 12.8.